The van der Waals surface area contributed by atoms with E-state index >= 15 is 0 Å². The Labute approximate surface area is 96.4 Å². The highest BCUT2D eigenvalue weighted by molar-refractivity contribution is 5.53. The number of ether oxygens (including phenoxy) is 1. The topological polar surface area (TPSA) is 46.2 Å². The third-order valence-electron chi connectivity index (χ3n) is 2.78. The van der Waals surface area contributed by atoms with Crippen LogP contribution in [0.25, 0.3) is 0 Å². The van der Waals surface area contributed by atoms with E-state index in [4.69, 9.17) is 4.74 Å². The van der Waals surface area contributed by atoms with Crippen LogP contribution < -0.4 is 10.6 Å². The van der Waals surface area contributed by atoms with Crippen LogP contribution in [0.1, 0.15) is 20.3 Å². The predicted octanol–water partition coefficient (Wildman–Crippen LogP) is 2.10. The fourth-order valence-corrected chi connectivity index (χ4v) is 1.90. The van der Waals surface area contributed by atoms with Crippen LogP contribution >= 0.6 is 0 Å². The van der Waals surface area contributed by atoms with Crippen molar-refractivity contribution in [3.8, 4) is 0 Å². The summed E-state index contributed by atoms with van der Waals surface area (Å²) in [5.74, 6) is 0.912. The average Bonchev–Trinajstić information content (AvgIpc) is 2.66. The molecule has 1 aliphatic heterocycles. The number of pyridine rings is 1. The van der Waals surface area contributed by atoms with Gasteiger partial charge in [-0.2, -0.15) is 0 Å². The molecule has 1 aromatic heterocycles. The lowest BCUT2D eigenvalue weighted by Gasteiger charge is -2.25. The molecule has 2 rings (SSSR count). The normalized spacial score (nSPS) is 24.4. The number of aromatic nitrogens is 1. The molecular formula is C12H19N3O. The van der Waals surface area contributed by atoms with E-state index < -0.39 is 0 Å². The summed E-state index contributed by atoms with van der Waals surface area (Å²) in [5, 5.41) is 6.71. The zero-order valence-corrected chi connectivity index (χ0v) is 9.92. The second kappa shape index (κ2) is 4.70. The van der Waals surface area contributed by atoms with Crippen molar-refractivity contribution in [3.05, 3.63) is 18.3 Å². The van der Waals surface area contributed by atoms with E-state index in [-0.39, 0.29) is 5.54 Å². The average molecular weight is 221 g/mol. The zero-order valence-electron chi connectivity index (χ0n) is 9.92. The van der Waals surface area contributed by atoms with Gasteiger partial charge in [-0.05, 0) is 26.3 Å². The Morgan fingerprint density at radius 3 is 3.12 bits per heavy atom. The van der Waals surface area contributed by atoms with Crippen molar-refractivity contribution < 1.29 is 4.74 Å². The lowest BCUT2D eigenvalue weighted by molar-refractivity contribution is 0.185. The summed E-state index contributed by atoms with van der Waals surface area (Å²) >= 11 is 0. The Morgan fingerprint density at radius 1 is 1.56 bits per heavy atom. The van der Waals surface area contributed by atoms with Crippen molar-refractivity contribution in [1.82, 2.24) is 4.98 Å². The Hall–Kier alpha value is -1.29. The van der Waals surface area contributed by atoms with E-state index in [1.807, 2.05) is 18.3 Å². The van der Waals surface area contributed by atoms with Crippen LogP contribution in [0.5, 0.6) is 0 Å². The number of rotatable bonds is 4. The third kappa shape index (κ3) is 2.64. The van der Waals surface area contributed by atoms with Gasteiger partial charge in [-0.1, -0.05) is 0 Å². The standard InChI is InChI=1S/C12H19N3O/c1-3-13-11-8-10(4-6-14-11)15-12(2)5-7-16-9-12/h4,6,8H,3,5,7,9H2,1-2H3,(H2,13,14,15). The van der Waals surface area contributed by atoms with Gasteiger partial charge >= 0.3 is 0 Å². The predicted molar refractivity (Wildman–Crippen MR) is 65.9 cm³/mol. The number of hydrogen-bond acceptors (Lipinski definition) is 4. The number of hydrogen-bond donors (Lipinski definition) is 2. The maximum absolute atomic E-state index is 5.42. The molecule has 1 fully saturated rings. The summed E-state index contributed by atoms with van der Waals surface area (Å²) < 4.78 is 5.42. The van der Waals surface area contributed by atoms with Gasteiger partial charge in [-0.15, -0.1) is 0 Å². The maximum Gasteiger partial charge on any atom is 0.127 e. The van der Waals surface area contributed by atoms with E-state index in [0.29, 0.717) is 0 Å². The molecule has 0 saturated carbocycles. The van der Waals surface area contributed by atoms with Crippen LogP contribution in [0.4, 0.5) is 11.5 Å². The van der Waals surface area contributed by atoms with Crippen molar-refractivity contribution in [2.45, 2.75) is 25.8 Å². The highest BCUT2D eigenvalue weighted by atomic mass is 16.5. The van der Waals surface area contributed by atoms with Gasteiger partial charge in [0.25, 0.3) is 0 Å². The Balaban J connectivity index is 2.05. The van der Waals surface area contributed by atoms with Crippen LogP contribution in [-0.4, -0.2) is 30.3 Å². The van der Waals surface area contributed by atoms with Crippen LogP contribution in [0.15, 0.2) is 18.3 Å². The van der Waals surface area contributed by atoms with E-state index in [1.54, 1.807) is 0 Å². The summed E-state index contributed by atoms with van der Waals surface area (Å²) in [6.07, 6.45) is 2.87. The van der Waals surface area contributed by atoms with Gasteiger partial charge in [0.2, 0.25) is 0 Å². The van der Waals surface area contributed by atoms with Crippen molar-refractivity contribution in [2.75, 3.05) is 30.4 Å². The smallest absolute Gasteiger partial charge is 0.127 e. The monoisotopic (exact) mass is 221 g/mol. The highest BCUT2D eigenvalue weighted by Gasteiger charge is 2.29. The summed E-state index contributed by atoms with van der Waals surface area (Å²) in [6.45, 7) is 6.75. The Kier molecular flexibility index (Phi) is 3.29. The van der Waals surface area contributed by atoms with Crippen molar-refractivity contribution >= 4 is 11.5 Å². The van der Waals surface area contributed by atoms with Crippen LogP contribution in [0.2, 0.25) is 0 Å². The minimum Gasteiger partial charge on any atom is -0.379 e. The van der Waals surface area contributed by atoms with E-state index in [0.717, 1.165) is 37.7 Å². The van der Waals surface area contributed by atoms with Crippen molar-refractivity contribution in [3.63, 3.8) is 0 Å². The van der Waals surface area contributed by atoms with Crippen molar-refractivity contribution in [1.29, 1.82) is 0 Å². The molecule has 2 N–H and O–H groups in total. The van der Waals surface area contributed by atoms with Gasteiger partial charge in [0, 0.05) is 31.1 Å². The van der Waals surface area contributed by atoms with Gasteiger partial charge in [-0.3, -0.25) is 0 Å². The summed E-state index contributed by atoms with van der Waals surface area (Å²) in [5.41, 5.74) is 1.16. The lowest BCUT2D eigenvalue weighted by atomic mass is 10.0. The molecule has 0 aliphatic carbocycles. The molecule has 0 aromatic carbocycles. The molecule has 16 heavy (non-hydrogen) atoms. The molecule has 1 atom stereocenters. The van der Waals surface area contributed by atoms with Crippen molar-refractivity contribution in [2.24, 2.45) is 0 Å². The molecule has 1 aliphatic rings. The van der Waals surface area contributed by atoms with E-state index in [2.05, 4.69) is 29.5 Å². The molecule has 1 saturated heterocycles. The molecule has 88 valence electrons. The molecule has 2 heterocycles. The first-order valence-electron chi connectivity index (χ1n) is 5.78. The molecule has 1 aromatic rings. The molecule has 0 spiro atoms. The number of anilines is 2. The lowest BCUT2D eigenvalue weighted by Crippen LogP contribution is -2.34. The van der Waals surface area contributed by atoms with Gasteiger partial charge < -0.3 is 15.4 Å². The summed E-state index contributed by atoms with van der Waals surface area (Å²) in [7, 11) is 0. The molecular weight excluding hydrogens is 202 g/mol. The SMILES string of the molecule is CCNc1cc(NC2(C)CCOC2)ccn1. The molecule has 4 nitrogen and oxygen atoms in total. The van der Waals surface area contributed by atoms with E-state index in [1.165, 1.54) is 0 Å². The summed E-state index contributed by atoms with van der Waals surface area (Å²) in [6, 6.07) is 4.03. The van der Waals surface area contributed by atoms with Crippen LogP contribution in [0, 0.1) is 0 Å². The van der Waals surface area contributed by atoms with Gasteiger partial charge in [0.15, 0.2) is 0 Å². The Bertz CT molecular complexity index is 348. The van der Waals surface area contributed by atoms with E-state index in [9.17, 15) is 0 Å². The second-order valence-electron chi connectivity index (χ2n) is 4.45. The van der Waals surface area contributed by atoms with Gasteiger partial charge in [0.1, 0.15) is 5.82 Å². The first-order valence-corrected chi connectivity index (χ1v) is 5.78. The number of nitrogens with one attached hydrogen (secondary N) is 2. The molecule has 0 bridgehead atoms. The maximum atomic E-state index is 5.42. The van der Waals surface area contributed by atoms with Gasteiger partial charge in [0.05, 0.1) is 12.1 Å². The van der Waals surface area contributed by atoms with Crippen LogP contribution in [0.3, 0.4) is 0 Å². The minimum absolute atomic E-state index is 0.0604. The zero-order chi connectivity index (χ0) is 11.4. The quantitative estimate of drug-likeness (QED) is 0.817. The highest BCUT2D eigenvalue weighted by Crippen LogP contribution is 2.24. The van der Waals surface area contributed by atoms with Crippen LogP contribution in [-0.2, 0) is 4.74 Å². The largest absolute Gasteiger partial charge is 0.379 e. The molecule has 1 unspecified atom stereocenters. The minimum atomic E-state index is 0.0604. The number of nitrogens with zero attached hydrogens (tertiary/aromatic N) is 1. The first kappa shape index (κ1) is 11.2. The Morgan fingerprint density at radius 2 is 2.44 bits per heavy atom. The van der Waals surface area contributed by atoms with Gasteiger partial charge in [-0.25, -0.2) is 4.98 Å². The molecule has 0 amide bonds. The fraction of sp³-hybridized carbons (Fsp3) is 0.583. The molecule has 0 radical (unpaired) electrons. The second-order valence-corrected chi connectivity index (χ2v) is 4.45. The third-order valence-corrected chi connectivity index (χ3v) is 2.78. The summed E-state index contributed by atoms with van der Waals surface area (Å²) in [4.78, 5) is 4.24. The first-order chi connectivity index (χ1) is 7.72. The molecule has 4 heteroatoms. The fourth-order valence-electron chi connectivity index (χ4n) is 1.90.